The van der Waals surface area contributed by atoms with Gasteiger partial charge in [-0.2, -0.15) is 0 Å². The van der Waals surface area contributed by atoms with Crippen LogP contribution < -0.4 is 5.32 Å². The van der Waals surface area contributed by atoms with Crippen molar-refractivity contribution in [1.82, 2.24) is 5.32 Å². The number of carbonyl (C=O) groups excluding carboxylic acids is 1. The Morgan fingerprint density at radius 1 is 1.37 bits per heavy atom. The molecule has 0 aromatic heterocycles. The Balaban J connectivity index is 2.39. The molecule has 0 aliphatic carbocycles. The molecule has 1 aromatic carbocycles. The van der Waals surface area contributed by atoms with Crippen LogP contribution in [0.25, 0.3) is 0 Å². The Morgan fingerprint density at radius 3 is 2.63 bits per heavy atom. The molecule has 1 rings (SSSR count). The van der Waals surface area contributed by atoms with E-state index in [-0.39, 0.29) is 13.0 Å². The van der Waals surface area contributed by atoms with Crippen molar-refractivity contribution in [2.24, 2.45) is 0 Å². The van der Waals surface area contributed by atoms with Crippen LogP contribution in [0, 0.1) is 0 Å². The third kappa shape index (κ3) is 6.26. The number of benzene rings is 1. The quantitative estimate of drug-likeness (QED) is 0.740. The van der Waals surface area contributed by atoms with Crippen LogP contribution in [0.2, 0.25) is 0 Å². The molecular weight excluding hydrogens is 246 g/mol. The summed E-state index contributed by atoms with van der Waals surface area (Å²) in [5.41, 5.74) is 0.871. The largest absolute Gasteiger partial charge is 0.481 e. The van der Waals surface area contributed by atoms with Gasteiger partial charge in [-0.1, -0.05) is 36.4 Å². The summed E-state index contributed by atoms with van der Waals surface area (Å²) in [7, 11) is 0. The summed E-state index contributed by atoms with van der Waals surface area (Å²) in [5.74, 6) is -0.977. The molecule has 0 bridgehead atoms. The van der Waals surface area contributed by atoms with Gasteiger partial charge in [0.25, 0.3) is 0 Å². The number of alkyl carbamates (subject to hydrolysis) is 1. The van der Waals surface area contributed by atoms with Gasteiger partial charge in [0.05, 0.1) is 6.42 Å². The summed E-state index contributed by atoms with van der Waals surface area (Å²) in [6.45, 7) is 3.68. The van der Waals surface area contributed by atoms with Crippen LogP contribution in [0.4, 0.5) is 4.79 Å². The first-order chi connectivity index (χ1) is 9.11. The molecule has 0 saturated carbocycles. The monoisotopic (exact) mass is 263 g/mol. The Morgan fingerprint density at radius 2 is 2.05 bits per heavy atom. The molecule has 0 heterocycles. The van der Waals surface area contributed by atoms with Crippen LogP contribution in [-0.4, -0.2) is 23.2 Å². The fourth-order valence-corrected chi connectivity index (χ4v) is 1.54. The van der Waals surface area contributed by atoms with Gasteiger partial charge in [-0.3, -0.25) is 4.79 Å². The van der Waals surface area contributed by atoms with Crippen LogP contribution in [0.1, 0.15) is 18.4 Å². The number of nitrogens with one attached hydrogen (secondary N) is 1. The minimum absolute atomic E-state index is 0.153. The summed E-state index contributed by atoms with van der Waals surface area (Å²) in [6.07, 6.45) is 1.15. The van der Waals surface area contributed by atoms with E-state index in [1.807, 2.05) is 30.3 Å². The smallest absolute Gasteiger partial charge is 0.407 e. The van der Waals surface area contributed by atoms with Gasteiger partial charge in [-0.05, 0) is 12.0 Å². The van der Waals surface area contributed by atoms with E-state index in [9.17, 15) is 9.59 Å². The number of aliphatic carboxylic acids is 1. The van der Waals surface area contributed by atoms with E-state index in [4.69, 9.17) is 9.84 Å². The van der Waals surface area contributed by atoms with Gasteiger partial charge in [0.2, 0.25) is 0 Å². The molecule has 2 N–H and O–H groups in total. The molecule has 1 atom stereocenters. The number of hydrogen-bond donors (Lipinski definition) is 2. The van der Waals surface area contributed by atoms with Crippen molar-refractivity contribution < 1.29 is 19.4 Å². The average Bonchev–Trinajstić information content (AvgIpc) is 2.37. The van der Waals surface area contributed by atoms with Crippen molar-refractivity contribution in [3.8, 4) is 0 Å². The van der Waals surface area contributed by atoms with Crippen LogP contribution in [0.5, 0.6) is 0 Å². The Hall–Kier alpha value is -2.30. The maximum atomic E-state index is 11.5. The van der Waals surface area contributed by atoms with Crippen molar-refractivity contribution in [1.29, 1.82) is 0 Å². The fourth-order valence-electron chi connectivity index (χ4n) is 1.54. The summed E-state index contributed by atoms with van der Waals surface area (Å²) in [4.78, 5) is 22.1. The van der Waals surface area contributed by atoms with E-state index in [0.717, 1.165) is 5.56 Å². The SMILES string of the molecule is C=CC[C@@H](CC(=O)O)NC(=O)OCc1ccccc1. The van der Waals surface area contributed by atoms with Crippen LogP contribution >= 0.6 is 0 Å². The Kier molecular flexibility index (Phi) is 6.15. The molecular formula is C14H17NO4. The van der Waals surface area contributed by atoms with Crippen molar-refractivity contribution in [3.05, 3.63) is 48.6 Å². The predicted molar refractivity (Wildman–Crippen MR) is 70.6 cm³/mol. The van der Waals surface area contributed by atoms with Gasteiger partial charge in [0, 0.05) is 6.04 Å². The summed E-state index contributed by atoms with van der Waals surface area (Å²) >= 11 is 0. The molecule has 0 saturated heterocycles. The second-order valence-electron chi connectivity index (χ2n) is 4.03. The second kappa shape index (κ2) is 7.92. The van der Waals surface area contributed by atoms with Crippen LogP contribution in [0.3, 0.4) is 0 Å². The van der Waals surface area contributed by atoms with E-state index >= 15 is 0 Å². The minimum atomic E-state index is -0.977. The predicted octanol–water partition coefficient (Wildman–Crippen LogP) is 2.33. The van der Waals surface area contributed by atoms with Crippen LogP contribution in [-0.2, 0) is 16.1 Å². The maximum absolute atomic E-state index is 11.5. The van der Waals surface area contributed by atoms with E-state index in [0.29, 0.717) is 6.42 Å². The van der Waals surface area contributed by atoms with Gasteiger partial charge in [0.1, 0.15) is 6.61 Å². The average molecular weight is 263 g/mol. The number of ether oxygens (including phenoxy) is 1. The van der Waals surface area contributed by atoms with Gasteiger partial charge in [-0.25, -0.2) is 4.79 Å². The second-order valence-corrected chi connectivity index (χ2v) is 4.03. The molecule has 0 spiro atoms. The molecule has 0 unspecified atom stereocenters. The molecule has 1 aromatic rings. The lowest BCUT2D eigenvalue weighted by Crippen LogP contribution is -2.36. The Labute approximate surface area is 111 Å². The molecule has 5 heteroatoms. The van der Waals surface area contributed by atoms with Gasteiger partial charge in [-0.15, -0.1) is 6.58 Å². The van der Waals surface area contributed by atoms with Gasteiger partial charge in [0.15, 0.2) is 0 Å². The molecule has 0 aliphatic rings. The van der Waals surface area contributed by atoms with Crippen molar-refractivity contribution in [2.45, 2.75) is 25.5 Å². The summed E-state index contributed by atoms with van der Waals surface area (Å²) < 4.78 is 5.01. The molecule has 19 heavy (non-hydrogen) atoms. The highest BCUT2D eigenvalue weighted by atomic mass is 16.5. The third-order valence-electron chi connectivity index (χ3n) is 2.41. The van der Waals surface area contributed by atoms with Crippen molar-refractivity contribution in [3.63, 3.8) is 0 Å². The van der Waals surface area contributed by atoms with Crippen molar-refractivity contribution in [2.75, 3.05) is 0 Å². The number of amides is 1. The molecule has 102 valence electrons. The van der Waals surface area contributed by atoms with Gasteiger partial charge < -0.3 is 15.2 Å². The number of hydrogen-bond acceptors (Lipinski definition) is 3. The first kappa shape index (κ1) is 14.8. The molecule has 0 radical (unpaired) electrons. The topological polar surface area (TPSA) is 75.6 Å². The Bertz CT molecular complexity index is 430. The number of carboxylic acids is 1. The fraction of sp³-hybridized carbons (Fsp3) is 0.286. The number of carboxylic acid groups (broad SMARTS) is 1. The van der Waals surface area contributed by atoms with E-state index < -0.39 is 18.1 Å². The lowest BCUT2D eigenvalue weighted by Gasteiger charge is -2.15. The zero-order valence-corrected chi connectivity index (χ0v) is 10.5. The normalized spacial score (nSPS) is 11.4. The maximum Gasteiger partial charge on any atom is 0.407 e. The highest BCUT2D eigenvalue weighted by molar-refractivity contribution is 5.71. The molecule has 0 fully saturated rings. The molecule has 0 aliphatic heterocycles. The lowest BCUT2D eigenvalue weighted by atomic mass is 10.1. The van der Waals surface area contributed by atoms with E-state index in [1.165, 1.54) is 0 Å². The summed E-state index contributed by atoms with van der Waals surface area (Å²) in [6, 6.07) is 8.75. The van der Waals surface area contributed by atoms with E-state index in [2.05, 4.69) is 11.9 Å². The lowest BCUT2D eigenvalue weighted by molar-refractivity contribution is -0.137. The molecule has 5 nitrogen and oxygen atoms in total. The highest BCUT2D eigenvalue weighted by Crippen LogP contribution is 2.03. The molecule has 1 amide bonds. The van der Waals surface area contributed by atoms with E-state index in [1.54, 1.807) is 6.08 Å². The zero-order valence-electron chi connectivity index (χ0n) is 10.5. The zero-order chi connectivity index (χ0) is 14.1. The highest BCUT2D eigenvalue weighted by Gasteiger charge is 2.15. The standard InChI is InChI=1S/C14H17NO4/c1-2-6-12(9-13(16)17)15-14(18)19-10-11-7-4-3-5-8-11/h2-5,7-8,12H,1,6,9-10H2,(H,15,18)(H,16,17)/t12-/m0/s1. The van der Waals surface area contributed by atoms with Crippen LogP contribution in [0.15, 0.2) is 43.0 Å². The number of carbonyl (C=O) groups is 2. The third-order valence-corrected chi connectivity index (χ3v) is 2.41. The summed E-state index contributed by atoms with van der Waals surface area (Å²) in [5, 5.41) is 11.2. The first-order valence-electron chi connectivity index (χ1n) is 5.91. The van der Waals surface area contributed by atoms with Crippen molar-refractivity contribution >= 4 is 12.1 Å². The first-order valence-corrected chi connectivity index (χ1v) is 5.91. The number of rotatable bonds is 7. The minimum Gasteiger partial charge on any atom is -0.481 e. The van der Waals surface area contributed by atoms with Gasteiger partial charge >= 0.3 is 12.1 Å².